The highest BCUT2D eigenvalue weighted by molar-refractivity contribution is 6.09. The molecule has 0 heterocycles. The molecule has 0 N–H and O–H groups in total. The van der Waals surface area contributed by atoms with Gasteiger partial charge in [0.05, 0.1) is 12.7 Å². The highest BCUT2D eigenvalue weighted by Crippen LogP contribution is 2.29. The van der Waals surface area contributed by atoms with Crippen LogP contribution in [-0.2, 0) is 6.18 Å². The lowest BCUT2D eigenvalue weighted by atomic mass is 10.00. The average molecular weight is 294 g/mol. The molecule has 2 aromatic carbocycles. The van der Waals surface area contributed by atoms with Crippen molar-refractivity contribution in [2.75, 3.05) is 7.11 Å². The molecule has 0 amide bonds. The van der Waals surface area contributed by atoms with E-state index in [2.05, 4.69) is 0 Å². The van der Waals surface area contributed by atoms with Gasteiger partial charge in [0.1, 0.15) is 5.75 Å². The largest absolute Gasteiger partial charge is 0.496 e. The van der Waals surface area contributed by atoms with Gasteiger partial charge in [-0.2, -0.15) is 13.2 Å². The number of carbonyl (C=O) groups excluding carboxylic acids is 1. The number of halogens is 3. The van der Waals surface area contributed by atoms with Crippen LogP contribution in [0.3, 0.4) is 0 Å². The fourth-order valence-electron chi connectivity index (χ4n) is 2.00. The third-order valence-electron chi connectivity index (χ3n) is 3.13. The van der Waals surface area contributed by atoms with Crippen molar-refractivity contribution in [3.63, 3.8) is 0 Å². The molecule has 0 saturated heterocycles. The van der Waals surface area contributed by atoms with Crippen molar-refractivity contribution in [2.45, 2.75) is 13.1 Å². The fourth-order valence-corrected chi connectivity index (χ4v) is 2.00. The van der Waals surface area contributed by atoms with Crippen molar-refractivity contribution in [1.29, 1.82) is 0 Å². The first-order chi connectivity index (χ1) is 9.82. The van der Waals surface area contributed by atoms with Gasteiger partial charge in [0, 0.05) is 11.1 Å². The van der Waals surface area contributed by atoms with Crippen molar-refractivity contribution in [3.05, 3.63) is 64.7 Å². The summed E-state index contributed by atoms with van der Waals surface area (Å²) in [6.45, 7) is 1.79. The lowest BCUT2D eigenvalue weighted by molar-refractivity contribution is -0.137. The van der Waals surface area contributed by atoms with Gasteiger partial charge in [-0.3, -0.25) is 4.79 Å². The van der Waals surface area contributed by atoms with Crippen LogP contribution in [-0.4, -0.2) is 12.9 Å². The Labute approximate surface area is 120 Å². The van der Waals surface area contributed by atoms with Gasteiger partial charge in [0.25, 0.3) is 0 Å². The van der Waals surface area contributed by atoms with E-state index in [1.807, 2.05) is 0 Å². The smallest absolute Gasteiger partial charge is 0.416 e. The summed E-state index contributed by atoms with van der Waals surface area (Å²) in [6, 6.07) is 9.08. The quantitative estimate of drug-likeness (QED) is 0.791. The molecule has 0 atom stereocenters. The van der Waals surface area contributed by atoms with E-state index >= 15 is 0 Å². The van der Waals surface area contributed by atoms with Crippen LogP contribution >= 0.6 is 0 Å². The minimum atomic E-state index is -4.40. The second-order valence-corrected chi connectivity index (χ2v) is 4.59. The number of ether oxygens (including phenoxy) is 1. The highest BCUT2D eigenvalue weighted by atomic mass is 19.4. The van der Waals surface area contributed by atoms with Crippen LogP contribution in [0.4, 0.5) is 13.2 Å². The summed E-state index contributed by atoms with van der Waals surface area (Å²) < 4.78 is 42.5. The summed E-state index contributed by atoms with van der Waals surface area (Å²) in [4.78, 5) is 12.2. The Balaban J connectivity index is 2.30. The van der Waals surface area contributed by atoms with Gasteiger partial charge in [-0.25, -0.2) is 0 Å². The molecule has 2 nitrogen and oxygen atoms in total. The van der Waals surface area contributed by atoms with Crippen molar-refractivity contribution >= 4 is 5.78 Å². The molecular formula is C16H13F3O2. The molecule has 0 aliphatic carbocycles. The zero-order chi connectivity index (χ0) is 15.6. The Morgan fingerprint density at radius 3 is 2.05 bits per heavy atom. The topological polar surface area (TPSA) is 26.3 Å². The average Bonchev–Trinajstić information content (AvgIpc) is 2.45. The monoisotopic (exact) mass is 294 g/mol. The second-order valence-electron chi connectivity index (χ2n) is 4.59. The van der Waals surface area contributed by atoms with E-state index in [1.54, 1.807) is 25.1 Å². The van der Waals surface area contributed by atoms with Crippen LogP contribution in [0, 0.1) is 6.92 Å². The first-order valence-electron chi connectivity index (χ1n) is 6.19. The number of methoxy groups -OCH3 is 1. The Morgan fingerprint density at radius 1 is 1.00 bits per heavy atom. The molecule has 0 radical (unpaired) electrons. The number of hydrogen-bond donors (Lipinski definition) is 0. The molecule has 0 aromatic heterocycles. The van der Waals surface area contributed by atoms with E-state index in [1.165, 1.54) is 19.2 Å². The predicted molar refractivity (Wildman–Crippen MR) is 72.6 cm³/mol. The zero-order valence-electron chi connectivity index (χ0n) is 11.5. The van der Waals surface area contributed by atoms with Gasteiger partial charge in [-0.15, -0.1) is 0 Å². The van der Waals surface area contributed by atoms with Crippen molar-refractivity contribution in [2.24, 2.45) is 0 Å². The third-order valence-corrected chi connectivity index (χ3v) is 3.13. The zero-order valence-corrected chi connectivity index (χ0v) is 11.5. The lowest BCUT2D eigenvalue weighted by Crippen LogP contribution is -2.07. The minimum absolute atomic E-state index is 0.215. The fraction of sp³-hybridized carbons (Fsp3) is 0.188. The summed E-state index contributed by atoms with van der Waals surface area (Å²) in [5, 5.41) is 0. The molecule has 0 aliphatic heterocycles. The highest BCUT2D eigenvalue weighted by Gasteiger charge is 2.30. The first-order valence-corrected chi connectivity index (χ1v) is 6.19. The van der Waals surface area contributed by atoms with Gasteiger partial charge in [0.15, 0.2) is 5.78 Å². The number of hydrogen-bond acceptors (Lipinski definition) is 2. The third kappa shape index (κ3) is 3.24. The molecule has 0 fully saturated rings. The van der Waals surface area contributed by atoms with E-state index in [0.717, 1.165) is 17.7 Å². The molecule has 0 spiro atoms. The first kappa shape index (κ1) is 15.1. The molecule has 0 unspecified atom stereocenters. The number of aryl methyl sites for hydroxylation is 1. The molecule has 0 aliphatic rings. The van der Waals surface area contributed by atoms with Crippen LogP contribution < -0.4 is 4.74 Å². The Morgan fingerprint density at radius 2 is 1.57 bits per heavy atom. The molecule has 2 rings (SSSR count). The summed E-state index contributed by atoms with van der Waals surface area (Å²) in [5.74, 6) is 0.327. The second kappa shape index (κ2) is 5.60. The maximum absolute atomic E-state index is 12.5. The van der Waals surface area contributed by atoms with Gasteiger partial charge in [-0.05, 0) is 42.8 Å². The van der Waals surface area contributed by atoms with E-state index in [-0.39, 0.29) is 11.3 Å². The van der Waals surface area contributed by atoms with Crippen LogP contribution in [0.25, 0.3) is 0 Å². The molecule has 0 saturated carbocycles. The van der Waals surface area contributed by atoms with Crippen molar-refractivity contribution < 1.29 is 22.7 Å². The summed E-state index contributed by atoms with van der Waals surface area (Å²) in [6.07, 6.45) is -4.40. The van der Waals surface area contributed by atoms with Crippen molar-refractivity contribution in [1.82, 2.24) is 0 Å². The minimum Gasteiger partial charge on any atom is -0.496 e. The molecule has 5 heteroatoms. The van der Waals surface area contributed by atoms with Gasteiger partial charge >= 0.3 is 6.18 Å². The van der Waals surface area contributed by atoms with E-state index in [4.69, 9.17) is 4.74 Å². The molecule has 2 aromatic rings. The Kier molecular flexibility index (Phi) is 4.02. The van der Waals surface area contributed by atoms with E-state index < -0.39 is 11.7 Å². The van der Waals surface area contributed by atoms with Crippen LogP contribution in [0.1, 0.15) is 27.0 Å². The summed E-state index contributed by atoms with van der Waals surface area (Å²) in [5.41, 5.74) is 0.640. The summed E-state index contributed by atoms with van der Waals surface area (Å²) in [7, 11) is 1.53. The molecule has 21 heavy (non-hydrogen) atoms. The number of benzene rings is 2. The lowest BCUT2D eigenvalue weighted by Gasteiger charge is -2.09. The maximum Gasteiger partial charge on any atom is 0.416 e. The van der Waals surface area contributed by atoms with Gasteiger partial charge < -0.3 is 4.74 Å². The van der Waals surface area contributed by atoms with Crippen LogP contribution in [0.5, 0.6) is 5.75 Å². The molecule has 110 valence electrons. The summed E-state index contributed by atoms with van der Waals surface area (Å²) >= 11 is 0. The molecular weight excluding hydrogens is 281 g/mol. The van der Waals surface area contributed by atoms with E-state index in [9.17, 15) is 18.0 Å². The predicted octanol–water partition coefficient (Wildman–Crippen LogP) is 4.25. The number of rotatable bonds is 3. The number of ketones is 1. The standard InChI is InChI=1S/C16H13F3O2/c1-10-9-12(5-8-14(10)21-2)15(20)11-3-6-13(7-4-11)16(17,18)19/h3-9H,1-2H3. The molecule has 0 bridgehead atoms. The van der Waals surface area contributed by atoms with Crippen LogP contribution in [0.15, 0.2) is 42.5 Å². The van der Waals surface area contributed by atoms with Gasteiger partial charge in [-0.1, -0.05) is 12.1 Å². The normalized spacial score (nSPS) is 11.3. The van der Waals surface area contributed by atoms with Crippen LogP contribution in [0.2, 0.25) is 0 Å². The maximum atomic E-state index is 12.5. The Hall–Kier alpha value is -2.30. The van der Waals surface area contributed by atoms with Crippen molar-refractivity contribution in [3.8, 4) is 5.75 Å². The Bertz CT molecular complexity index is 658. The number of carbonyl (C=O) groups is 1. The SMILES string of the molecule is COc1ccc(C(=O)c2ccc(C(F)(F)F)cc2)cc1C. The van der Waals surface area contributed by atoms with E-state index in [0.29, 0.717) is 11.3 Å². The van der Waals surface area contributed by atoms with Gasteiger partial charge in [0.2, 0.25) is 0 Å². The number of alkyl halides is 3.